The van der Waals surface area contributed by atoms with Crippen LogP contribution in [-0.4, -0.2) is 19.2 Å². The average Bonchev–Trinajstić information content (AvgIpc) is 2.65. The highest BCUT2D eigenvalue weighted by atomic mass is 16.7. The summed E-state index contributed by atoms with van der Waals surface area (Å²) in [6, 6.07) is 3.57. The summed E-state index contributed by atoms with van der Waals surface area (Å²) in [5, 5.41) is 2.69. The summed E-state index contributed by atoms with van der Waals surface area (Å²) in [5.41, 5.74) is 6.84. The Hall–Kier alpha value is -1.75. The molecule has 2 rings (SSSR count). The number of hydrogen-bond acceptors (Lipinski definition) is 4. The van der Waals surface area contributed by atoms with E-state index in [-0.39, 0.29) is 19.2 Å². The van der Waals surface area contributed by atoms with Gasteiger partial charge < -0.3 is 20.5 Å². The normalized spacial score (nSPS) is 12.7. The Kier molecular flexibility index (Phi) is 2.47. The van der Waals surface area contributed by atoms with Crippen LogP contribution in [0.4, 0.5) is 5.69 Å². The average molecular weight is 208 g/mol. The number of hydrogen-bond donors (Lipinski definition) is 2. The number of nitrogens with one attached hydrogen (secondary N) is 1. The minimum absolute atomic E-state index is 0.0338. The van der Waals surface area contributed by atoms with E-state index in [4.69, 9.17) is 15.2 Å². The molecule has 0 aliphatic carbocycles. The number of ether oxygens (including phenoxy) is 2. The Morgan fingerprint density at radius 1 is 1.47 bits per heavy atom. The van der Waals surface area contributed by atoms with Gasteiger partial charge in [0.1, 0.15) is 0 Å². The van der Waals surface area contributed by atoms with E-state index in [2.05, 4.69) is 5.32 Å². The maximum atomic E-state index is 11.1. The summed E-state index contributed by atoms with van der Waals surface area (Å²) in [4.78, 5) is 11.1. The highest BCUT2D eigenvalue weighted by Crippen LogP contribution is 2.36. The lowest BCUT2D eigenvalue weighted by Gasteiger charge is -2.08. The molecule has 3 N–H and O–H groups in total. The molecule has 0 unspecified atom stereocenters. The summed E-state index contributed by atoms with van der Waals surface area (Å²) in [6.07, 6.45) is 0. The van der Waals surface area contributed by atoms with E-state index in [1.807, 2.05) is 13.0 Å². The van der Waals surface area contributed by atoms with Gasteiger partial charge in [-0.15, -0.1) is 0 Å². The third-order valence-corrected chi connectivity index (χ3v) is 2.18. The van der Waals surface area contributed by atoms with Crippen molar-refractivity contribution in [2.45, 2.75) is 6.92 Å². The van der Waals surface area contributed by atoms with Gasteiger partial charge in [0.25, 0.3) is 0 Å². The first kappa shape index (κ1) is 9.79. The smallest absolute Gasteiger partial charge is 0.238 e. The fourth-order valence-corrected chi connectivity index (χ4v) is 1.38. The van der Waals surface area contributed by atoms with Gasteiger partial charge in [-0.2, -0.15) is 0 Å². The van der Waals surface area contributed by atoms with Gasteiger partial charge in [-0.3, -0.25) is 4.79 Å². The van der Waals surface area contributed by atoms with Gasteiger partial charge in [0.2, 0.25) is 12.7 Å². The van der Waals surface area contributed by atoms with Crippen LogP contribution >= 0.6 is 0 Å². The number of carbonyl (C=O) groups is 1. The zero-order valence-electron chi connectivity index (χ0n) is 8.37. The molecule has 0 saturated heterocycles. The van der Waals surface area contributed by atoms with Crippen molar-refractivity contribution >= 4 is 11.6 Å². The van der Waals surface area contributed by atoms with Crippen molar-refractivity contribution in [2.24, 2.45) is 5.73 Å². The predicted octanol–water partition coefficient (Wildman–Crippen LogP) is 0.621. The first-order valence-corrected chi connectivity index (χ1v) is 4.61. The van der Waals surface area contributed by atoms with Crippen molar-refractivity contribution < 1.29 is 14.3 Å². The molecule has 1 heterocycles. The summed E-state index contributed by atoms with van der Waals surface area (Å²) >= 11 is 0. The Balaban J connectivity index is 2.28. The van der Waals surface area contributed by atoms with E-state index in [0.29, 0.717) is 17.2 Å². The molecule has 0 spiro atoms. The van der Waals surface area contributed by atoms with Crippen LogP contribution in [0, 0.1) is 6.92 Å². The highest BCUT2D eigenvalue weighted by molar-refractivity contribution is 5.93. The largest absolute Gasteiger partial charge is 0.454 e. The van der Waals surface area contributed by atoms with E-state index in [1.54, 1.807) is 6.07 Å². The highest BCUT2D eigenvalue weighted by Gasteiger charge is 2.16. The van der Waals surface area contributed by atoms with Gasteiger partial charge in [-0.1, -0.05) is 0 Å². The second kappa shape index (κ2) is 3.78. The second-order valence-corrected chi connectivity index (χ2v) is 3.27. The predicted molar refractivity (Wildman–Crippen MR) is 55.0 cm³/mol. The molecule has 0 fully saturated rings. The van der Waals surface area contributed by atoms with Crippen LogP contribution < -0.4 is 20.5 Å². The Morgan fingerprint density at radius 3 is 2.80 bits per heavy atom. The monoisotopic (exact) mass is 208 g/mol. The minimum atomic E-state index is -0.225. The second-order valence-electron chi connectivity index (χ2n) is 3.27. The number of fused-ring (bicyclic) bond motifs is 1. The van der Waals surface area contributed by atoms with E-state index < -0.39 is 0 Å². The van der Waals surface area contributed by atoms with Crippen LogP contribution in [0.15, 0.2) is 12.1 Å². The topological polar surface area (TPSA) is 73.6 Å². The van der Waals surface area contributed by atoms with Gasteiger partial charge in [-0.25, -0.2) is 0 Å². The summed E-state index contributed by atoms with van der Waals surface area (Å²) in [7, 11) is 0. The van der Waals surface area contributed by atoms with Crippen LogP contribution in [-0.2, 0) is 4.79 Å². The van der Waals surface area contributed by atoms with Crippen LogP contribution in [0.1, 0.15) is 5.56 Å². The molecule has 0 bridgehead atoms. The standard InChI is InChI=1S/C10H12N2O3/c1-6-2-8-9(15-5-14-8)3-7(6)12-10(13)4-11/h2-3H,4-5,11H2,1H3,(H,12,13). The van der Waals surface area contributed by atoms with Gasteiger partial charge >= 0.3 is 0 Å². The molecule has 1 aromatic rings. The number of aryl methyl sites for hydroxylation is 1. The van der Waals surface area contributed by atoms with Crippen molar-refractivity contribution in [3.05, 3.63) is 17.7 Å². The Labute approximate surface area is 87.2 Å². The first-order valence-electron chi connectivity index (χ1n) is 4.61. The van der Waals surface area contributed by atoms with Crippen molar-refractivity contribution in [3.8, 4) is 11.5 Å². The van der Waals surface area contributed by atoms with Crippen molar-refractivity contribution in [1.82, 2.24) is 0 Å². The molecule has 0 atom stereocenters. The van der Waals surface area contributed by atoms with E-state index >= 15 is 0 Å². The molecule has 80 valence electrons. The van der Waals surface area contributed by atoms with E-state index in [0.717, 1.165) is 5.56 Å². The quantitative estimate of drug-likeness (QED) is 0.747. The summed E-state index contributed by atoms with van der Waals surface area (Å²) in [6.45, 7) is 2.07. The van der Waals surface area contributed by atoms with Crippen molar-refractivity contribution in [1.29, 1.82) is 0 Å². The molecule has 0 radical (unpaired) electrons. The fourth-order valence-electron chi connectivity index (χ4n) is 1.38. The number of nitrogens with two attached hydrogens (primary N) is 1. The van der Waals surface area contributed by atoms with Crippen LogP contribution in [0.3, 0.4) is 0 Å². The molecule has 1 aliphatic heterocycles. The number of carbonyl (C=O) groups excluding carboxylic acids is 1. The van der Waals surface area contributed by atoms with E-state index in [1.165, 1.54) is 0 Å². The molecule has 5 nitrogen and oxygen atoms in total. The van der Waals surface area contributed by atoms with Crippen molar-refractivity contribution in [3.63, 3.8) is 0 Å². The lowest BCUT2D eigenvalue weighted by atomic mass is 10.1. The van der Waals surface area contributed by atoms with Gasteiger partial charge in [0.15, 0.2) is 11.5 Å². The zero-order chi connectivity index (χ0) is 10.8. The molecule has 1 aromatic carbocycles. The lowest BCUT2D eigenvalue weighted by molar-refractivity contribution is -0.114. The third kappa shape index (κ3) is 1.87. The summed E-state index contributed by atoms with van der Waals surface area (Å²) in [5.74, 6) is 1.13. The van der Waals surface area contributed by atoms with Crippen LogP contribution in [0.2, 0.25) is 0 Å². The molecule has 0 saturated carbocycles. The molecular weight excluding hydrogens is 196 g/mol. The lowest BCUT2D eigenvalue weighted by Crippen LogP contribution is -2.22. The number of anilines is 1. The number of benzene rings is 1. The summed E-state index contributed by atoms with van der Waals surface area (Å²) < 4.78 is 10.4. The Bertz CT molecular complexity index is 404. The molecule has 1 amide bonds. The zero-order valence-corrected chi connectivity index (χ0v) is 8.37. The van der Waals surface area contributed by atoms with Gasteiger partial charge in [-0.05, 0) is 18.6 Å². The Morgan fingerprint density at radius 2 is 2.13 bits per heavy atom. The minimum Gasteiger partial charge on any atom is -0.454 e. The SMILES string of the molecule is Cc1cc2c(cc1NC(=O)CN)OCO2. The van der Waals surface area contributed by atoms with Gasteiger partial charge in [0.05, 0.1) is 6.54 Å². The fraction of sp³-hybridized carbons (Fsp3) is 0.300. The van der Waals surface area contributed by atoms with Crippen LogP contribution in [0.5, 0.6) is 11.5 Å². The number of amides is 1. The molecule has 1 aliphatic rings. The maximum Gasteiger partial charge on any atom is 0.238 e. The molecular formula is C10H12N2O3. The molecule has 5 heteroatoms. The maximum absolute atomic E-state index is 11.1. The van der Waals surface area contributed by atoms with Crippen molar-refractivity contribution in [2.75, 3.05) is 18.7 Å². The third-order valence-electron chi connectivity index (χ3n) is 2.18. The molecule has 15 heavy (non-hydrogen) atoms. The van der Waals surface area contributed by atoms with Crippen LogP contribution in [0.25, 0.3) is 0 Å². The van der Waals surface area contributed by atoms with Gasteiger partial charge in [0, 0.05) is 11.8 Å². The molecule has 0 aromatic heterocycles. The number of rotatable bonds is 2. The van der Waals surface area contributed by atoms with E-state index in [9.17, 15) is 4.79 Å². The first-order chi connectivity index (χ1) is 7.20.